The number of carbonyl (C=O) groups is 3. The smallest absolute Gasteiger partial charge is 0.337 e. The summed E-state index contributed by atoms with van der Waals surface area (Å²) in [6, 6.07) is 0. The van der Waals surface area contributed by atoms with Gasteiger partial charge in [0.1, 0.15) is 0 Å². The zero-order chi connectivity index (χ0) is 17.6. The lowest BCUT2D eigenvalue weighted by Crippen LogP contribution is -2.45. The Hall–Kier alpha value is -1.71. The molecule has 0 fully saturated rings. The van der Waals surface area contributed by atoms with E-state index in [1.807, 2.05) is 0 Å². The van der Waals surface area contributed by atoms with Crippen LogP contribution in [0.2, 0.25) is 0 Å². The fourth-order valence-corrected chi connectivity index (χ4v) is 1.39. The second kappa shape index (κ2) is 13.0. The van der Waals surface area contributed by atoms with E-state index in [-0.39, 0.29) is 19.8 Å². The molecule has 0 aliphatic rings. The van der Waals surface area contributed by atoms with Crippen LogP contribution in [0, 0.1) is 0 Å². The molecular weight excluding hydrogens is 300 g/mol. The summed E-state index contributed by atoms with van der Waals surface area (Å²) in [4.78, 5) is 32.0. The molecule has 0 rings (SSSR count). The molecule has 0 saturated heterocycles. The average Bonchev–Trinajstić information content (AvgIpc) is 2.41. The van der Waals surface area contributed by atoms with E-state index in [9.17, 15) is 14.4 Å². The number of carboxylic acids is 3. The highest BCUT2D eigenvalue weighted by Crippen LogP contribution is 2.22. The van der Waals surface area contributed by atoms with Crippen molar-refractivity contribution in [3.05, 3.63) is 0 Å². The number of carboxylic acid groups (broad SMARTS) is 3. The molecule has 0 aromatic heterocycles. The molecular formula is C13H24O9. The minimum atomic E-state index is -2.19. The van der Waals surface area contributed by atoms with Crippen molar-refractivity contribution in [1.29, 1.82) is 0 Å². The van der Waals surface area contributed by atoms with Crippen LogP contribution in [0.1, 0.15) is 39.0 Å². The number of rotatable bonds is 11. The fourth-order valence-electron chi connectivity index (χ4n) is 1.39. The monoisotopic (exact) mass is 324 g/mol. The molecule has 5 N–H and O–H groups in total. The van der Waals surface area contributed by atoms with E-state index >= 15 is 0 Å². The van der Waals surface area contributed by atoms with Crippen LogP contribution >= 0.6 is 0 Å². The number of aliphatic hydroxyl groups excluding tert-OH is 2. The van der Waals surface area contributed by atoms with Crippen LogP contribution in [0.3, 0.4) is 0 Å². The molecule has 0 aliphatic carbocycles. The zero-order valence-electron chi connectivity index (χ0n) is 12.5. The maximum atomic E-state index is 10.9. The van der Waals surface area contributed by atoms with Crippen LogP contribution in [-0.2, 0) is 19.1 Å². The zero-order valence-corrected chi connectivity index (χ0v) is 12.5. The van der Waals surface area contributed by atoms with E-state index in [4.69, 9.17) is 30.3 Å². The Labute approximate surface area is 128 Å². The van der Waals surface area contributed by atoms with Gasteiger partial charge in [0.25, 0.3) is 0 Å². The molecule has 0 radical (unpaired) electrons. The lowest BCUT2D eigenvalue weighted by atomic mass is 9.95. The molecule has 0 atom stereocenters. The van der Waals surface area contributed by atoms with Crippen LogP contribution in [0.4, 0.5) is 0 Å². The molecule has 0 saturated carbocycles. The van der Waals surface area contributed by atoms with E-state index < -0.39 is 36.4 Å². The third kappa shape index (κ3) is 11.0. The molecule has 9 heteroatoms. The van der Waals surface area contributed by atoms with Crippen molar-refractivity contribution in [2.24, 2.45) is 0 Å². The highest BCUT2D eigenvalue weighted by atomic mass is 16.5. The number of unbranched alkanes of at least 4 members (excludes halogenated alkanes) is 1. The summed E-state index contributed by atoms with van der Waals surface area (Å²) in [6.07, 6.45) is 0.143. The molecule has 0 spiro atoms. The second-order valence-electron chi connectivity index (χ2n) is 4.44. The first-order valence-electron chi connectivity index (χ1n) is 6.78. The molecule has 0 bridgehead atoms. The predicted molar refractivity (Wildman–Crippen MR) is 74.5 cm³/mol. The molecule has 0 unspecified atom stereocenters. The minimum absolute atomic E-state index is 0.00708. The summed E-state index contributed by atoms with van der Waals surface area (Å²) in [5, 5.41) is 42.2. The van der Waals surface area contributed by atoms with Crippen LogP contribution in [0.25, 0.3) is 0 Å². The van der Waals surface area contributed by atoms with Gasteiger partial charge in [-0.1, -0.05) is 6.92 Å². The van der Waals surface area contributed by atoms with Gasteiger partial charge in [-0.2, -0.15) is 0 Å². The van der Waals surface area contributed by atoms with Gasteiger partial charge in [0.05, 0.1) is 12.8 Å². The van der Waals surface area contributed by atoms with Crippen molar-refractivity contribution in [3.63, 3.8) is 0 Å². The third-order valence-electron chi connectivity index (χ3n) is 2.41. The summed E-state index contributed by atoms with van der Waals surface area (Å²) in [7, 11) is 0. The fraction of sp³-hybridized carbons (Fsp3) is 0.769. The summed E-state index contributed by atoms with van der Waals surface area (Å²) >= 11 is 0. The van der Waals surface area contributed by atoms with E-state index in [2.05, 4.69) is 0 Å². The van der Waals surface area contributed by atoms with Crippen LogP contribution in [-0.4, -0.2) is 68.9 Å². The minimum Gasteiger partial charge on any atom is -0.481 e. The Morgan fingerprint density at radius 3 is 1.55 bits per heavy atom. The van der Waals surface area contributed by atoms with Crippen LogP contribution in [0.15, 0.2) is 0 Å². The van der Waals surface area contributed by atoms with Crippen LogP contribution < -0.4 is 0 Å². The van der Waals surface area contributed by atoms with Crippen molar-refractivity contribution >= 4 is 17.9 Å². The van der Waals surface area contributed by atoms with Gasteiger partial charge in [0.2, 0.25) is 0 Å². The first kappa shape index (κ1) is 22.6. The van der Waals surface area contributed by atoms with E-state index in [0.717, 1.165) is 12.8 Å². The van der Waals surface area contributed by atoms with Gasteiger partial charge in [-0.15, -0.1) is 0 Å². The first-order chi connectivity index (χ1) is 10.3. The standard InChI is InChI=1S/C9H14O7.C4H10O2/c1-2-3-16-9(8(14)15,4-6(10)11)5-7(12)13;5-3-1-2-4-6/h2-5H2,1H3,(H,10,11)(H,12,13)(H,14,15);5-6H,1-4H2. The number of hydrogen-bond donors (Lipinski definition) is 5. The van der Waals surface area contributed by atoms with E-state index in [1.54, 1.807) is 6.92 Å². The third-order valence-corrected chi connectivity index (χ3v) is 2.41. The SMILES string of the molecule is CCCOC(CC(=O)O)(CC(=O)O)C(=O)O.OCCCCO. The highest BCUT2D eigenvalue weighted by molar-refractivity contribution is 5.88. The molecule has 22 heavy (non-hydrogen) atoms. The first-order valence-corrected chi connectivity index (χ1v) is 6.78. The molecule has 0 amide bonds. The van der Waals surface area contributed by atoms with E-state index in [1.165, 1.54) is 0 Å². The lowest BCUT2D eigenvalue weighted by molar-refractivity contribution is -0.178. The van der Waals surface area contributed by atoms with Gasteiger partial charge in [-0.25, -0.2) is 4.79 Å². The van der Waals surface area contributed by atoms with Crippen LogP contribution in [0.5, 0.6) is 0 Å². The summed E-state index contributed by atoms with van der Waals surface area (Å²) in [5.41, 5.74) is -2.19. The topological polar surface area (TPSA) is 162 Å². The maximum Gasteiger partial charge on any atom is 0.337 e. The Bertz CT molecular complexity index is 320. The normalized spacial score (nSPS) is 10.5. The molecule has 9 nitrogen and oxygen atoms in total. The Balaban J connectivity index is 0. The summed E-state index contributed by atoms with van der Waals surface area (Å²) in [5.74, 6) is -4.41. The number of aliphatic hydroxyl groups is 2. The average molecular weight is 324 g/mol. The molecule has 130 valence electrons. The van der Waals surface area contributed by atoms with Crippen molar-refractivity contribution in [3.8, 4) is 0 Å². The van der Waals surface area contributed by atoms with Gasteiger partial charge in [0.15, 0.2) is 5.60 Å². The summed E-state index contributed by atoms with van der Waals surface area (Å²) in [6.45, 7) is 2.09. The van der Waals surface area contributed by atoms with Crippen molar-refractivity contribution < 1.29 is 44.7 Å². The van der Waals surface area contributed by atoms with E-state index in [0.29, 0.717) is 6.42 Å². The predicted octanol–water partition coefficient (Wildman–Crippen LogP) is -0.0630. The number of hydrogen-bond acceptors (Lipinski definition) is 6. The Morgan fingerprint density at radius 1 is 0.909 bits per heavy atom. The Morgan fingerprint density at radius 2 is 1.32 bits per heavy atom. The molecule has 0 heterocycles. The molecule has 0 aliphatic heterocycles. The Kier molecular flexibility index (Phi) is 13.3. The quantitative estimate of drug-likeness (QED) is 0.328. The second-order valence-corrected chi connectivity index (χ2v) is 4.44. The van der Waals surface area contributed by atoms with Crippen molar-refractivity contribution in [1.82, 2.24) is 0 Å². The van der Waals surface area contributed by atoms with Gasteiger partial charge >= 0.3 is 17.9 Å². The highest BCUT2D eigenvalue weighted by Gasteiger charge is 2.44. The summed E-state index contributed by atoms with van der Waals surface area (Å²) < 4.78 is 4.90. The number of aliphatic carboxylic acids is 3. The van der Waals surface area contributed by atoms with Gasteiger partial charge in [-0.3, -0.25) is 9.59 Å². The largest absolute Gasteiger partial charge is 0.481 e. The maximum absolute atomic E-state index is 10.9. The molecule has 0 aromatic carbocycles. The van der Waals surface area contributed by atoms with Gasteiger partial charge < -0.3 is 30.3 Å². The van der Waals surface area contributed by atoms with Crippen molar-refractivity contribution in [2.75, 3.05) is 19.8 Å². The number of ether oxygens (including phenoxy) is 1. The van der Waals surface area contributed by atoms with Gasteiger partial charge in [0, 0.05) is 19.8 Å². The van der Waals surface area contributed by atoms with Gasteiger partial charge in [-0.05, 0) is 19.3 Å². The molecule has 0 aromatic rings. The van der Waals surface area contributed by atoms with Crippen molar-refractivity contribution in [2.45, 2.75) is 44.6 Å². The lowest BCUT2D eigenvalue weighted by Gasteiger charge is -2.26.